The highest BCUT2D eigenvalue weighted by Gasteiger charge is 2.20. The molecule has 5 rings (SSSR count). The third-order valence-corrected chi connectivity index (χ3v) is 6.16. The van der Waals surface area contributed by atoms with Gasteiger partial charge in [-0.25, -0.2) is 9.97 Å². The molecule has 180 valence electrons. The summed E-state index contributed by atoms with van der Waals surface area (Å²) in [6.07, 6.45) is 9.61. The molecule has 0 saturated heterocycles. The Labute approximate surface area is 211 Å². The minimum Gasteiger partial charge on any atom is -0.494 e. The van der Waals surface area contributed by atoms with Crippen molar-refractivity contribution in [3.05, 3.63) is 103 Å². The van der Waals surface area contributed by atoms with E-state index >= 15 is 0 Å². The standard InChI is InChI=1S/C31H29N3O2/c1-6-7-10-21-20-34(28-11-8-9-18-32-28)26-19-22(12-13-23(21)26)36-29-17-14-24-25(31(2,3)4)15-16-27(35-5)30(24)33-29/h6-20H,1H2,2-5H3/b10-7-. The number of hydrogen-bond donors (Lipinski definition) is 0. The fraction of sp³-hybridized carbons (Fsp3) is 0.161. The monoisotopic (exact) mass is 475 g/mol. The predicted molar refractivity (Wildman–Crippen MR) is 147 cm³/mol. The molecule has 0 N–H and O–H groups in total. The van der Waals surface area contributed by atoms with Crippen molar-refractivity contribution < 1.29 is 9.47 Å². The summed E-state index contributed by atoms with van der Waals surface area (Å²) in [5, 5.41) is 2.15. The van der Waals surface area contributed by atoms with Crippen molar-refractivity contribution in [1.82, 2.24) is 14.5 Å². The molecule has 5 aromatic rings. The van der Waals surface area contributed by atoms with Gasteiger partial charge in [0.05, 0.1) is 12.6 Å². The van der Waals surface area contributed by atoms with E-state index in [1.807, 2.05) is 54.6 Å². The van der Waals surface area contributed by atoms with Gasteiger partial charge in [-0.05, 0) is 47.4 Å². The Morgan fingerprint density at radius 3 is 2.53 bits per heavy atom. The fourth-order valence-corrected chi connectivity index (χ4v) is 4.46. The third-order valence-electron chi connectivity index (χ3n) is 6.16. The summed E-state index contributed by atoms with van der Waals surface area (Å²) in [6, 6.07) is 20.0. The predicted octanol–water partition coefficient (Wildman–Crippen LogP) is 7.87. The lowest BCUT2D eigenvalue weighted by Gasteiger charge is -2.22. The van der Waals surface area contributed by atoms with Gasteiger partial charge in [0.1, 0.15) is 22.8 Å². The molecule has 0 bridgehead atoms. The van der Waals surface area contributed by atoms with Gasteiger partial charge in [-0.2, -0.15) is 0 Å². The minimum absolute atomic E-state index is 0.0196. The Bertz CT molecular complexity index is 1590. The largest absolute Gasteiger partial charge is 0.494 e. The van der Waals surface area contributed by atoms with E-state index in [-0.39, 0.29) is 5.41 Å². The number of hydrogen-bond acceptors (Lipinski definition) is 4. The molecule has 0 radical (unpaired) electrons. The molecule has 0 unspecified atom stereocenters. The Morgan fingerprint density at radius 1 is 0.972 bits per heavy atom. The van der Waals surface area contributed by atoms with Gasteiger partial charge in [0, 0.05) is 40.9 Å². The summed E-state index contributed by atoms with van der Waals surface area (Å²) >= 11 is 0. The van der Waals surface area contributed by atoms with Crippen LogP contribution in [-0.4, -0.2) is 21.6 Å². The topological polar surface area (TPSA) is 49.2 Å². The molecule has 0 aliphatic carbocycles. The smallest absolute Gasteiger partial charge is 0.219 e. The second-order valence-electron chi connectivity index (χ2n) is 9.63. The van der Waals surface area contributed by atoms with Gasteiger partial charge in [0.25, 0.3) is 0 Å². The maximum atomic E-state index is 6.27. The van der Waals surface area contributed by atoms with Gasteiger partial charge in [0.15, 0.2) is 0 Å². The Kier molecular flexibility index (Phi) is 6.06. The first-order valence-corrected chi connectivity index (χ1v) is 11.9. The molecule has 0 aliphatic rings. The van der Waals surface area contributed by atoms with Crippen LogP contribution in [0.1, 0.15) is 31.9 Å². The highest BCUT2D eigenvalue weighted by molar-refractivity contribution is 5.92. The number of benzene rings is 2. The average molecular weight is 476 g/mol. The number of allylic oxidation sites excluding steroid dienone is 2. The Hall–Kier alpha value is -4.38. The number of aromatic nitrogens is 3. The molecule has 36 heavy (non-hydrogen) atoms. The van der Waals surface area contributed by atoms with E-state index in [4.69, 9.17) is 14.5 Å². The zero-order chi connectivity index (χ0) is 25.3. The summed E-state index contributed by atoms with van der Waals surface area (Å²) in [7, 11) is 1.67. The first-order valence-electron chi connectivity index (χ1n) is 11.9. The third kappa shape index (κ3) is 4.36. The number of ether oxygens (including phenoxy) is 2. The fourth-order valence-electron chi connectivity index (χ4n) is 4.46. The highest BCUT2D eigenvalue weighted by atomic mass is 16.5. The summed E-state index contributed by atoms with van der Waals surface area (Å²) in [5.74, 6) is 2.76. The van der Waals surface area contributed by atoms with Gasteiger partial charge < -0.3 is 14.0 Å². The molecular weight excluding hydrogens is 446 g/mol. The number of methoxy groups -OCH3 is 1. The van der Waals surface area contributed by atoms with Crippen LogP contribution >= 0.6 is 0 Å². The molecular formula is C31H29N3O2. The second kappa shape index (κ2) is 9.34. The molecule has 0 spiro atoms. The summed E-state index contributed by atoms with van der Waals surface area (Å²) < 4.78 is 13.9. The van der Waals surface area contributed by atoms with Crippen LogP contribution in [0.5, 0.6) is 17.4 Å². The van der Waals surface area contributed by atoms with E-state index in [0.29, 0.717) is 11.6 Å². The van der Waals surface area contributed by atoms with E-state index < -0.39 is 0 Å². The van der Waals surface area contributed by atoms with Gasteiger partial charge in [-0.1, -0.05) is 57.7 Å². The quantitative estimate of drug-likeness (QED) is 0.234. The zero-order valence-electron chi connectivity index (χ0n) is 21.0. The van der Waals surface area contributed by atoms with Crippen molar-refractivity contribution in [2.24, 2.45) is 0 Å². The molecule has 5 nitrogen and oxygen atoms in total. The van der Waals surface area contributed by atoms with Gasteiger partial charge in [-0.3, -0.25) is 0 Å². The van der Waals surface area contributed by atoms with Crippen LogP contribution in [0.4, 0.5) is 0 Å². The van der Waals surface area contributed by atoms with Crippen molar-refractivity contribution in [2.75, 3.05) is 7.11 Å². The minimum atomic E-state index is -0.0196. The maximum absolute atomic E-state index is 6.27. The Balaban J connectivity index is 1.59. The van der Waals surface area contributed by atoms with Crippen molar-refractivity contribution >= 4 is 27.9 Å². The van der Waals surface area contributed by atoms with Crippen LogP contribution in [0.3, 0.4) is 0 Å². The van der Waals surface area contributed by atoms with Crippen LogP contribution in [0.2, 0.25) is 0 Å². The molecule has 0 saturated carbocycles. The molecule has 0 atom stereocenters. The van der Waals surface area contributed by atoms with Gasteiger partial charge in [0.2, 0.25) is 5.88 Å². The normalized spacial score (nSPS) is 11.9. The lowest BCUT2D eigenvalue weighted by Crippen LogP contribution is -2.12. The van der Waals surface area contributed by atoms with E-state index in [0.717, 1.165) is 38.9 Å². The molecule has 2 aromatic carbocycles. The summed E-state index contributed by atoms with van der Waals surface area (Å²) in [5.41, 5.74) is 4.05. The van der Waals surface area contributed by atoms with E-state index in [1.54, 1.807) is 19.4 Å². The summed E-state index contributed by atoms with van der Waals surface area (Å²) in [6.45, 7) is 10.4. The molecule has 0 fully saturated rings. The lowest BCUT2D eigenvalue weighted by atomic mass is 9.84. The summed E-state index contributed by atoms with van der Waals surface area (Å²) in [4.78, 5) is 9.37. The number of nitrogens with zero attached hydrogens (tertiary/aromatic N) is 3. The molecule has 3 heterocycles. The van der Waals surface area contributed by atoms with Crippen molar-refractivity contribution in [2.45, 2.75) is 26.2 Å². The van der Waals surface area contributed by atoms with Crippen LogP contribution < -0.4 is 9.47 Å². The van der Waals surface area contributed by atoms with Crippen molar-refractivity contribution in [3.8, 4) is 23.2 Å². The van der Waals surface area contributed by atoms with E-state index in [9.17, 15) is 0 Å². The molecule has 0 aliphatic heterocycles. The van der Waals surface area contributed by atoms with Crippen molar-refractivity contribution in [1.29, 1.82) is 0 Å². The number of rotatable bonds is 6. The highest BCUT2D eigenvalue weighted by Crippen LogP contribution is 2.36. The van der Waals surface area contributed by atoms with Crippen LogP contribution in [0, 0.1) is 0 Å². The SMILES string of the molecule is C=C/C=C\c1cn(-c2ccccn2)c2cc(Oc3ccc4c(C(C)(C)C)ccc(OC)c4n3)ccc12. The van der Waals surface area contributed by atoms with Crippen LogP contribution in [0.25, 0.3) is 33.7 Å². The molecule has 3 aromatic heterocycles. The van der Waals surface area contributed by atoms with E-state index in [1.165, 1.54) is 5.56 Å². The zero-order valence-corrected chi connectivity index (χ0v) is 21.0. The molecule has 5 heteroatoms. The van der Waals surface area contributed by atoms with E-state index in [2.05, 4.69) is 61.3 Å². The van der Waals surface area contributed by atoms with Crippen LogP contribution in [0.15, 0.2) is 91.8 Å². The average Bonchev–Trinajstić information content (AvgIpc) is 3.24. The van der Waals surface area contributed by atoms with Gasteiger partial charge in [-0.15, -0.1) is 0 Å². The number of pyridine rings is 2. The lowest BCUT2D eigenvalue weighted by molar-refractivity contribution is 0.417. The first kappa shape index (κ1) is 23.4. The maximum Gasteiger partial charge on any atom is 0.219 e. The van der Waals surface area contributed by atoms with Crippen molar-refractivity contribution in [3.63, 3.8) is 0 Å². The van der Waals surface area contributed by atoms with Gasteiger partial charge >= 0.3 is 0 Å². The number of fused-ring (bicyclic) bond motifs is 2. The van der Waals surface area contributed by atoms with Crippen LogP contribution in [-0.2, 0) is 5.41 Å². The Morgan fingerprint density at radius 2 is 1.81 bits per heavy atom. The molecule has 0 amide bonds. The first-order chi connectivity index (χ1) is 17.4. The second-order valence-corrected chi connectivity index (χ2v) is 9.63.